The van der Waals surface area contributed by atoms with E-state index in [4.69, 9.17) is 4.74 Å². The molecular weight excluding hydrogens is 348 g/mol. The van der Waals surface area contributed by atoms with Crippen molar-refractivity contribution in [3.8, 4) is 11.1 Å². The van der Waals surface area contributed by atoms with E-state index in [9.17, 15) is 4.79 Å². The van der Waals surface area contributed by atoms with Gasteiger partial charge >= 0.3 is 6.09 Å². The van der Waals surface area contributed by atoms with Crippen molar-refractivity contribution < 1.29 is 9.53 Å². The van der Waals surface area contributed by atoms with Crippen LogP contribution in [0.1, 0.15) is 46.2 Å². The van der Waals surface area contributed by atoms with Gasteiger partial charge in [0.05, 0.1) is 0 Å². The molecule has 3 rings (SSSR count). The first kappa shape index (κ1) is 20.4. The fraction of sp³-hybridized carbons (Fsp3) is 0.458. The van der Waals surface area contributed by atoms with E-state index in [-0.39, 0.29) is 12.1 Å². The monoisotopic (exact) mass is 380 g/mol. The Morgan fingerprint density at radius 2 is 1.61 bits per heavy atom. The van der Waals surface area contributed by atoms with Crippen molar-refractivity contribution in [2.24, 2.45) is 0 Å². The molecule has 1 aliphatic rings. The van der Waals surface area contributed by atoms with Crippen LogP contribution in [-0.4, -0.2) is 47.2 Å². The molecule has 150 valence electrons. The Kier molecular flexibility index (Phi) is 6.09. The van der Waals surface area contributed by atoms with Gasteiger partial charge in [-0.15, -0.1) is 0 Å². The fourth-order valence-electron chi connectivity index (χ4n) is 3.82. The number of hydrogen-bond acceptors (Lipinski definition) is 3. The minimum atomic E-state index is -0.453. The van der Waals surface area contributed by atoms with Gasteiger partial charge in [0.25, 0.3) is 0 Å². The van der Waals surface area contributed by atoms with E-state index < -0.39 is 5.60 Å². The van der Waals surface area contributed by atoms with Crippen LogP contribution in [-0.2, 0) is 4.74 Å². The molecule has 1 saturated heterocycles. The highest BCUT2D eigenvalue weighted by Crippen LogP contribution is 2.28. The Bertz CT molecular complexity index is 781. The van der Waals surface area contributed by atoms with Crippen molar-refractivity contribution in [3.63, 3.8) is 0 Å². The van der Waals surface area contributed by atoms with Crippen LogP contribution in [0.2, 0.25) is 0 Å². The van der Waals surface area contributed by atoms with Crippen LogP contribution >= 0.6 is 0 Å². The third-order valence-corrected chi connectivity index (χ3v) is 5.33. The first-order valence-electron chi connectivity index (χ1n) is 10.1. The molecule has 1 amide bonds. The van der Waals surface area contributed by atoms with Crippen LogP contribution in [0.25, 0.3) is 11.1 Å². The summed E-state index contributed by atoms with van der Waals surface area (Å²) in [5, 5.41) is 0. The summed E-state index contributed by atoms with van der Waals surface area (Å²) < 4.78 is 5.53. The highest BCUT2D eigenvalue weighted by atomic mass is 16.6. The zero-order valence-electron chi connectivity index (χ0n) is 17.7. The Hall–Kier alpha value is -2.33. The van der Waals surface area contributed by atoms with E-state index in [1.54, 1.807) is 0 Å². The maximum atomic E-state index is 12.4. The van der Waals surface area contributed by atoms with Gasteiger partial charge in [0.1, 0.15) is 5.60 Å². The molecule has 2 atom stereocenters. The molecule has 4 nitrogen and oxygen atoms in total. The molecule has 0 unspecified atom stereocenters. The van der Waals surface area contributed by atoms with Crippen molar-refractivity contribution in [1.82, 2.24) is 9.80 Å². The van der Waals surface area contributed by atoms with E-state index in [1.165, 1.54) is 16.7 Å². The number of rotatable bonds is 3. The largest absolute Gasteiger partial charge is 0.444 e. The number of hydrogen-bond donors (Lipinski definition) is 0. The topological polar surface area (TPSA) is 32.8 Å². The van der Waals surface area contributed by atoms with Crippen LogP contribution in [0.3, 0.4) is 0 Å². The van der Waals surface area contributed by atoms with E-state index in [1.807, 2.05) is 31.7 Å². The molecule has 0 bridgehead atoms. The molecule has 2 aromatic rings. The van der Waals surface area contributed by atoms with Crippen molar-refractivity contribution in [1.29, 1.82) is 0 Å². The number of ether oxygens (including phenoxy) is 1. The summed E-state index contributed by atoms with van der Waals surface area (Å²) in [6, 6.07) is 19.9. The van der Waals surface area contributed by atoms with Gasteiger partial charge in [0.2, 0.25) is 0 Å². The van der Waals surface area contributed by atoms with Crippen LogP contribution in [0.15, 0.2) is 54.6 Å². The first-order chi connectivity index (χ1) is 13.2. The molecule has 0 saturated carbocycles. The summed E-state index contributed by atoms with van der Waals surface area (Å²) >= 11 is 0. The number of carbonyl (C=O) groups is 1. The average Bonchev–Trinajstić information content (AvgIpc) is 2.67. The summed E-state index contributed by atoms with van der Waals surface area (Å²) in [6.07, 6.45) is -0.209. The molecule has 0 N–H and O–H groups in total. The van der Waals surface area contributed by atoms with Crippen LogP contribution in [0.5, 0.6) is 0 Å². The van der Waals surface area contributed by atoms with Crippen molar-refractivity contribution in [3.05, 3.63) is 60.2 Å². The molecule has 0 aromatic heterocycles. The van der Waals surface area contributed by atoms with E-state index in [0.29, 0.717) is 19.1 Å². The fourth-order valence-corrected chi connectivity index (χ4v) is 3.82. The Morgan fingerprint density at radius 1 is 1.00 bits per heavy atom. The number of amides is 1. The minimum absolute atomic E-state index is 0.209. The molecule has 0 aliphatic carbocycles. The normalized spacial score (nSPS) is 19.3. The lowest BCUT2D eigenvalue weighted by molar-refractivity contribution is -0.000711. The van der Waals surface area contributed by atoms with Gasteiger partial charge in [-0.2, -0.15) is 0 Å². The summed E-state index contributed by atoms with van der Waals surface area (Å²) in [5.74, 6) is 0. The molecule has 2 aromatic carbocycles. The average molecular weight is 381 g/mol. The van der Waals surface area contributed by atoms with Crippen LogP contribution in [0, 0.1) is 0 Å². The Morgan fingerprint density at radius 3 is 2.18 bits per heavy atom. The van der Waals surface area contributed by atoms with Gasteiger partial charge in [0.15, 0.2) is 0 Å². The number of carbonyl (C=O) groups excluding carboxylic acids is 1. The Balaban J connectivity index is 1.64. The third kappa shape index (κ3) is 4.93. The number of benzene rings is 2. The molecule has 28 heavy (non-hydrogen) atoms. The summed E-state index contributed by atoms with van der Waals surface area (Å²) in [4.78, 5) is 16.7. The molecule has 1 aliphatic heterocycles. The Labute approximate surface area is 169 Å². The van der Waals surface area contributed by atoms with Crippen molar-refractivity contribution in [2.45, 2.75) is 52.3 Å². The van der Waals surface area contributed by atoms with Gasteiger partial charge in [0, 0.05) is 31.7 Å². The lowest BCUT2D eigenvalue weighted by Crippen LogP contribution is -2.54. The highest BCUT2D eigenvalue weighted by Gasteiger charge is 2.32. The predicted molar refractivity (Wildman–Crippen MR) is 114 cm³/mol. The first-order valence-corrected chi connectivity index (χ1v) is 10.1. The summed E-state index contributed by atoms with van der Waals surface area (Å²) in [7, 11) is 0. The van der Waals surface area contributed by atoms with Gasteiger partial charge in [-0.25, -0.2) is 4.79 Å². The standard InChI is InChI=1S/C24H32N2O2/c1-18-17-25(23(27)28-24(3,4)5)15-16-26(18)19(2)20-11-13-22(14-12-20)21-9-7-6-8-10-21/h6-14,18-19H,15-17H2,1-5H3/t18-,19-/m0/s1. The maximum Gasteiger partial charge on any atom is 0.410 e. The number of piperazine rings is 1. The van der Waals surface area contributed by atoms with E-state index in [0.717, 1.165) is 6.54 Å². The van der Waals surface area contributed by atoms with Crippen LogP contribution in [0.4, 0.5) is 4.79 Å². The van der Waals surface area contributed by atoms with E-state index in [2.05, 4.69) is 67.3 Å². The predicted octanol–water partition coefficient (Wildman–Crippen LogP) is 5.36. The number of nitrogens with zero attached hydrogens (tertiary/aromatic N) is 2. The molecule has 1 heterocycles. The molecule has 1 fully saturated rings. The SMILES string of the molecule is C[C@H]1CN(C(=O)OC(C)(C)C)CCN1[C@@H](C)c1ccc(-c2ccccc2)cc1. The van der Waals surface area contributed by atoms with Gasteiger partial charge in [-0.1, -0.05) is 54.6 Å². The lowest BCUT2D eigenvalue weighted by atomic mass is 9.99. The highest BCUT2D eigenvalue weighted by molar-refractivity contribution is 5.68. The molecule has 0 spiro atoms. The van der Waals surface area contributed by atoms with E-state index >= 15 is 0 Å². The molecule has 0 radical (unpaired) electrons. The second-order valence-electron chi connectivity index (χ2n) is 8.68. The van der Waals surface area contributed by atoms with Crippen LogP contribution < -0.4 is 0 Å². The van der Waals surface area contributed by atoms with Gasteiger partial charge in [-0.05, 0) is 51.3 Å². The zero-order valence-corrected chi connectivity index (χ0v) is 17.7. The quantitative estimate of drug-likeness (QED) is 0.719. The zero-order chi connectivity index (χ0) is 20.3. The van der Waals surface area contributed by atoms with Gasteiger partial charge in [-0.3, -0.25) is 4.90 Å². The second kappa shape index (κ2) is 8.36. The molecule has 4 heteroatoms. The van der Waals surface area contributed by atoms with Crippen molar-refractivity contribution in [2.75, 3.05) is 19.6 Å². The molecular formula is C24H32N2O2. The van der Waals surface area contributed by atoms with Crippen molar-refractivity contribution >= 4 is 6.09 Å². The van der Waals surface area contributed by atoms with Gasteiger partial charge < -0.3 is 9.64 Å². The lowest BCUT2D eigenvalue weighted by Gasteiger charge is -2.43. The maximum absolute atomic E-state index is 12.4. The smallest absolute Gasteiger partial charge is 0.410 e. The third-order valence-electron chi connectivity index (χ3n) is 5.33. The summed E-state index contributed by atoms with van der Waals surface area (Å²) in [5.41, 5.74) is 3.32. The summed E-state index contributed by atoms with van der Waals surface area (Å²) in [6.45, 7) is 12.4. The second-order valence-corrected chi connectivity index (χ2v) is 8.68. The minimum Gasteiger partial charge on any atom is -0.444 e.